The lowest BCUT2D eigenvalue weighted by Gasteiger charge is -2.52. The molecule has 3 fully saturated rings. The van der Waals surface area contributed by atoms with E-state index in [2.05, 4.69) is 60.2 Å². The van der Waals surface area contributed by atoms with Crippen LogP contribution in [0.25, 0.3) is 0 Å². The molecule has 4 rings (SSSR count). The first-order valence-electron chi connectivity index (χ1n) is 9.54. The highest BCUT2D eigenvalue weighted by molar-refractivity contribution is 7.10. The lowest BCUT2D eigenvalue weighted by molar-refractivity contribution is -0.138. The maximum Gasteiger partial charge on any atom is 0.234 e. The molecule has 0 bridgehead atoms. The van der Waals surface area contributed by atoms with Crippen LogP contribution in [0.2, 0.25) is 0 Å². The fraction of sp³-hybridized carbons (Fsp3) is 0.750. The average Bonchev–Trinajstić information content (AvgIpc) is 2.94. The van der Waals surface area contributed by atoms with Crippen LogP contribution in [0.4, 0.5) is 0 Å². The number of piperidine rings is 1. The Kier molecular flexibility index (Phi) is 4.06. The average molecular weight is 362 g/mol. The highest BCUT2D eigenvalue weighted by Crippen LogP contribution is 2.66. The number of likely N-dealkylation sites (tertiary alicyclic amines) is 1. The van der Waals surface area contributed by atoms with Crippen molar-refractivity contribution < 1.29 is 4.79 Å². The van der Waals surface area contributed by atoms with Gasteiger partial charge >= 0.3 is 0 Å². The van der Waals surface area contributed by atoms with Gasteiger partial charge in [-0.2, -0.15) is 0 Å². The molecule has 1 spiro atoms. The molecule has 138 valence electrons. The van der Waals surface area contributed by atoms with Crippen molar-refractivity contribution in [3.05, 3.63) is 22.4 Å². The number of piperazine rings is 1. The number of nitrogens with zero attached hydrogens (tertiary/aromatic N) is 3. The zero-order chi connectivity index (χ0) is 17.9. The molecule has 4 nitrogen and oxygen atoms in total. The molecule has 0 radical (unpaired) electrons. The summed E-state index contributed by atoms with van der Waals surface area (Å²) < 4.78 is 0. The smallest absolute Gasteiger partial charge is 0.234 e. The van der Waals surface area contributed by atoms with E-state index in [9.17, 15) is 4.79 Å². The first kappa shape index (κ1) is 17.5. The van der Waals surface area contributed by atoms with Crippen molar-refractivity contribution in [2.24, 2.45) is 5.41 Å². The number of carbonyl (C=O) groups is 1. The van der Waals surface area contributed by atoms with Crippen molar-refractivity contribution in [2.45, 2.75) is 44.1 Å². The van der Waals surface area contributed by atoms with Gasteiger partial charge < -0.3 is 9.80 Å². The van der Waals surface area contributed by atoms with E-state index in [1.54, 1.807) is 11.3 Å². The number of carbonyl (C=O) groups excluding carboxylic acids is 1. The van der Waals surface area contributed by atoms with Crippen LogP contribution < -0.4 is 0 Å². The van der Waals surface area contributed by atoms with Crippen molar-refractivity contribution in [1.82, 2.24) is 14.7 Å². The molecule has 1 amide bonds. The van der Waals surface area contributed by atoms with Crippen LogP contribution in [0.1, 0.15) is 38.0 Å². The lowest BCUT2D eigenvalue weighted by Crippen LogP contribution is -2.64. The summed E-state index contributed by atoms with van der Waals surface area (Å²) in [5, 5.41) is 2.11. The third-order valence-corrected chi connectivity index (χ3v) is 8.25. The molecule has 1 atom stereocenters. The number of rotatable bonds is 2. The number of amides is 1. The molecule has 5 heteroatoms. The Morgan fingerprint density at radius 3 is 2.36 bits per heavy atom. The SMILES string of the molecule is CN1CCN(C)C2(CCN(C(=O)C3(c4cccs4)CC3(C)C)CC2)C1. The maximum absolute atomic E-state index is 13.5. The lowest BCUT2D eigenvalue weighted by atomic mass is 9.82. The van der Waals surface area contributed by atoms with Crippen LogP contribution in [0.3, 0.4) is 0 Å². The van der Waals surface area contributed by atoms with Gasteiger partial charge in [-0.3, -0.25) is 9.69 Å². The van der Waals surface area contributed by atoms with Gasteiger partial charge in [0.2, 0.25) is 5.91 Å². The fourth-order valence-corrected chi connectivity index (χ4v) is 6.32. The summed E-state index contributed by atoms with van der Waals surface area (Å²) in [4.78, 5) is 22.0. The zero-order valence-electron chi connectivity index (χ0n) is 16.0. The molecule has 1 unspecified atom stereocenters. The second-order valence-corrected chi connectivity index (χ2v) is 10.1. The summed E-state index contributed by atoms with van der Waals surface area (Å²) in [6, 6.07) is 4.24. The molecule has 2 aliphatic heterocycles. The third kappa shape index (κ3) is 2.58. The molecule has 1 aromatic heterocycles. The van der Waals surface area contributed by atoms with E-state index in [0.29, 0.717) is 5.91 Å². The van der Waals surface area contributed by atoms with E-state index in [1.807, 2.05) is 0 Å². The molecule has 0 N–H and O–H groups in total. The van der Waals surface area contributed by atoms with E-state index >= 15 is 0 Å². The monoisotopic (exact) mass is 361 g/mol. The van der Waals surface area contributed by atoms with E-state index in [-0.39, 0.29) is 16.4 Å². The van der Waals surface area contributed by atoms with Gasteiger partial charge in [-0.05, 0) is 50.2 Å². The van der Waals surface area contributed by atoms with Gasteiger partial charge in [0.15, 0.2) is 0 Å². The minimum atomic E-state index is -0.263. The van der Waals surface area contributed by atoms with Crippen molar-refractivity contribution in [3.8, 4) is 0 Å². The van der Waals surface area contributed by atoms with Gasteiger partial charge in [0.05, 0.1) is 5.41 Å². The Bertz CT molecular complexity index is 648. The molecule has 0 aromatic carbocycles. The first-order valence-corrected chi connectivity index (χ1v) is 10.4. The first-order chi connectivity index (χ1) is 11.8. The highest BCUT2D eigenvalue weighted by Gasteiger charge is 2.68. The van der Waals surface area contributed by atoms with Gasteiger partial charge in [0.1, 0.15) is 0 Å². The zero-order valence-corrected chi connectivity index (χ0v) is 16.9. The molecule has 25 heavy (non-hydrogen) atoms. The van der Waals surface area contributed by atoms with Crippen LogP contribution in [0, 0.1) is 5.41 Å². The molecular formula is C20H31N3OS. The molecule has 1 aliphatic carbocycles. The van der Waals surface area contributed by atoms with Crippen molar-refractivity contribution in [3.63, 3.8) is 0 Å². The number of hydrogen-bond donors (Lipinski definition) is 0. The quantitative estimate of drug-likeness (QED) is 0.810. The summed E-state index contributed by atoms with van der Waals surface area (Å²) in [6.45, 7) is 9.72. The van der Waals surface area contributed by atoms with Crippen molar-refractivity contribution >= 4 is 17.2 Å². The molecule has 3 heterocycles. The Hall–Kier alpha value is -0.910. The van der Waals surface area contributed by atoms with Crippen LogP contribution in [0.15, 0.2) is 17.5 Å². The minimum Gasteiger partial charge on any atom is -0.342 e. The van der Waals surface area contributed by atoms with Crippen LogP contribution in [-0.4, -0.2) is 73.0 Å². The van der Waals surface area contributed by atoms with Crippen LogP contribution in [0.5, 0.6) is 0 Å². The normalized spacial score (nSPS) is 32.1. The highest BCUT2D eigenvalue weighted by atomic mass is 32.1. The molecule has 1 saturated carbocycles. The van der Waals surface area contributed by atoms with Gasteiger partial charge in [0, 0.05) is 43.1 Å². The Labute approximate surface area is 155 Å². The number of thiophene rings is 1. The van der Waals surface area contributed by atoms with Gasteiger partial charge in [-0.25, -0.2) is 0 Å². The number of hydrogen-bond acceptors (Lipinski definition) is 4. The van der Waals surface area contributed by atoms with Crippen LogP contribution >= 0.6 is 11.3 Å². The number of likely N-dealkylation sites (N-methyl/N-ethyl adjacent to an activating group) is 2. The van der Waals surface area contributed by atoms with Crippen molar-refractivity contribution in [2.75, 3.05) is 46.8 Å². The summed E-state index contributed by atoms with van der Waals surface area (Å²) in [6.07, 6.45) is 3.19. The minimum absolute atomic E-state index is 0.0892. The maximum atomic E-state index is 13.5. The Morgan fingerprint density at radius 2 is 1.80 bits per heavy atom. The Balaban J connectivity index is 1.50. The summed E-state index contributed by atoms with van der Waals surface area (Å²) in [5.41, 5.74) is 0.0891. The van der Waals surface area contributed by atoms with E-state index < -0.39 is 0 Å². The van der Waals surface area contributed by atoms with Crippen LogP contribution in [-0.2, 0) is 10.2 Å². The largest absolute Gasteiger partial charge is 0.342 e. The predicted octanol–water partition coefficient (Wildman–Crippen LogP) is 2.65. The van der Waals surface area contributed by atoms with Crippen molar-refractivity contribution in [1.29, 1.82) is 0 Å². The van der Waals surface area contributed by atoms with E-state index in [4.69, 9.17) is 0 Å². The molecule has 2 saturated heterocycles. The molecular weight excluding hydrogens is 330 g/mol. The summed E-state index contributed by atoms with van der Waals surface area (Å²) in [5.74, 6) is 0.376. The second kappa shape index (κ2) is 5.80. The third-order valence-electron chi connectivity index (χ3n) is 7.22. The van der Waals surface area contributed by atoms with Gasteiger partial charge in [0.25, 0.3) is 0 Å². The standard InChI is InChI=1S/C20H31N3OS/c1-18(2)14-20(18,16-6-5-13-25-16)17(24)23-9-7-19(8-10-23)15-21(3)11-12-22(19)4/h5-6,13H,7-12,14-15H2,1-4H3. The van der Waals surface area contributed by atoms with E-state index in [1.165, 1.54) is 4.88 Å². The summed E-state index contributed by atoms with van der Waals surface area (Å²) in [7, 11) is 4.49. The Morgan fingerprint density at radius 1 is 1.12 bits per heavy atom. The molecule has 1 aromatic rings. The van der Waals surface area contributed by atoms with Gasteiger partial charge in [-0.15, -0.1) is 11.3 Å². The predicted molar refractivity (Wildman–Crippen MR) is 103 cm³/mol. The second-order valence-electron chi connectivity index (χ2n) is 9.12. The molecule has 3 aliphatic rings. The topological polar surface area (TPSA) is 26.8 Å². The van der Waals surface area contributed by atoms with E-state index in [0.717, 1.165) is 52.0 Å². The van der Waals surface area contributed by atoms with Gasteiger partial charge in [-0.1, -0.05) is 19.9 Å². The fourth-order valence-electron chi connectivity index (χ4n) is 5.23. The summed E-state index contributed by atoms with van der Waals surface area (Å²) >= 11 is 1.75.